The topological polar surface area (TPSA) is 994 Å². The van der Waals surface area contributed by atoms with Gasteiger partial charge in [0.1, 0.15) is 92.6 Å². The van der Waals surface area contributed by atoms with Gasteiger partial charge in [0.15, 0.2) is 6.73 Å². The fraction of sp³-hybridized carbons (Fsp3) is 0.889. The maximum atomic E-state index is 12.6. The molecule has 9 heterocycles. The summed E-state index contributed by atoms with van der Waals surface area (Å²) in [6.45, 7) is 3.05. The second-order valence-electron chi connectivity index (χ2n) is 29.3. The van der Waals surface area contributed by atoms with E-state index < -0.39 is 304 Å². The standard InChI is InChI=1S/C18H36N3O23P5.C18H36N3O20P5.C18H35N3O18P4/c1-10-15(22)17(13(40-10)7-38-48(30,31)44-49(32,33)43-46(26,27)35-4)36-6-12-5-21(20-19-12)9-39-47(28,29)42-18-14(41-11(2)16(18)23)8-37-45(24,25)34-3;1-11-15(7-14(37-11)9-35-45(29,30)41-46(31,32)40-42(4,23)24)21-8-13(19-20-21)5-6-34-44(27,28)39-18-16(38-12(2)17(18)22)10-36-43(25,26)33-3;1-11-7-14(15(36-11)9-35-43(29,30)39-41(25,26)32-4)21-8-13(19-20-21)5-6-33-42(27,28)38-18-16(37-12(2)17(18)22)10-34-40(23,24)31-3/h5,10-11,13-18,22-23H,6-9H2,1-4H3,(H,24,25)(H,26,27)(H,28,29)(H,30,31)(H,32,33);8,11-12,14-18,22H,5-7,9-10H2,1-4H3,(H,23,24)(H,25,26)(H,27,28)(H,29,30)(H,31,32);8,11-12,14-18,22H,5-7,9-10H2,1-4H3,(H,23,24)(H,25,26)(H,27,28)(H,29,30)/p-11/t10-,11-,13+,14+,15+,16?,17?,18-;11-,12-,14-,15-,16+,17?,18-;11-,12-,14?,15+,16+,17?,18-/m000/s1. The van der Waals surface area contributed by atoms with Gasteiger partial charge < -0.3 is 176 Å². The van der Waals surface area contributed by atoms with Crippen LogP contribution in [0.15, 0.2) is 18.6 Å². The maximum Gasteiger partial charge on any atom is 0.474 e. The Hall–Kier alpha value is -1.24. The molecule has 6 saturated heterocycles. The van der Waals surface area contributed by atoms with Crippen molar-refractivity contribution in [3.05, 3.63) is 35.7 Å². The Morgan fingerprint density at radius 1 is 0.355 bits per heavy atom. The van der Waals surface area contributed by atoms with Crippen LogP contribution in [0.4, 0.5) is 0 Å². The third kappa shape index (κ3) is 40.9. The van der Waals surface area contributed by atoms with Crippen LogP contribution in [0.1, 0.15) is 83.5 Å². The second-order valence-corrected chi connectivity index (χ2v) is 50.7. The van der Waals surface area contributed by atoms with Crippen LogP contribution < -0.4 is 53.8 Å². The first-order chi connectivity index (χ1) is 63.3. The quantitative estimate of drug-likeness (QED) is 0.0259. The van der Waals surface area contributed by atoms with Crippen LogP contribution in [0.2, 0.25) is 0 Å². The van der Waals surface area contributed by atoms with Gasteiger partial charge in [-0.05, 0) is 48.0 Å². The molecule has 0 saturated carbocycles. The molecular weight excluding hydrogens is 2180 g/mol. The van der Waals surface area contributed by atoms with Gasteiger partial charge in [-0.25, -0.2) is 45.0 Å². The molecule has 36 atom stereocenters. The lowest BCUT2D eigenvalue weighted by molar-refractivity contribution is -0.253. The van der Waals surface area contributed by atoms with Gasteiger partial charge in [0.2, 0.25) is 0 Å². The van der Waals surface area contributed by atoms with Crippen LogP contribution in [-0.4, -0.2) is 297 Å². The number of aliphatic hydroxyl groups is 4. The fourth-order valence-corrected chi connectivity index (χ4v) is 24.9. The van der Waals surface area contributed by atoms with Crippen LogP contribution in [0.25, 0.3) is 0 Å². The maximum absolute atomic E-state index is 12.6. The first-order valence-electron chi connectivity index (χ1n) is 38.9. The van der Waals surface area contributed by atoms with Crippen LogP contribution in [0.5, 0.6) is 0 Å². The highest BCUT2D eigenvalue weighted by molar-refractivity contribution is 7.67. The zero-order valence-electron chi connectivity index (χ0n) is 73.3. The van der Waals surface area contributed by atoms with E-state index in [2.05, 4.69) is 102 Å². The smallest absolute Gasteiger partial charge is 0.474 e. The number of phosphoric ester groups is 11. The Bertz CT molecular complexity index is 5160. The van der Waals surface area contributed by atoms with Crippen LogP contribution >= 0.6 is 109 Å². The molecule has 138 heavy (non-hydrogen) atoms. The summed E-state index contributed by atoms with van der Waals surface area (Å²) in [6.07, 6.45) is -18.7. The van der Waals surface area contributed by atoms with Crippen molar-refractivity contribution in [1.82, 2.24) is 45.0 Å². The molecule has 6 aliphatic heterocycles. The summed E-state index contributed by atoms with van der Waals surface area (Å²) in [5.41, 5.74) is 0.619. The zero-order valence-corrected chi connectivity index (χ0v) is 85.8. The van der Waals surface area contributed by atoms with Gasteiger partial charge in [0.05, 0.1) is 132 Å². The van der Waals surface area contributed by atoms with Crippen molar-refractivity contribution in [1.29, 1.82) is 0 Å². The highest BCUT2D eigenvalue weighted by Crippen LogP contribution is 2.65. The van der Waals surface area contributed by atoms with Crippen molar-refractivity contribution in [2.24, 2.45) is 0 Å². The van der Waals surface area contributed by atoms with Gasteiger partial charge in [0, 0.05) is 73.9 Å². The van der Waals surface area contributed by atoms with E-state index in [1.165, 1.54) is 55.6 Å². The van der Waals surface area contributed by atoms with E-state index in [1.807, 2.05) is 0 Å². The van der Waals surface area contributed by atoms with Crippen molar-refractivity contribution >= 4 is 109 Å². The van der Waals surface area contributed by atoms with E-state index in [-0.39, 0.29) is 36.8 Å². The molecule has 0 amide bonds. The molecule has 7 N–H and O–H groups in total. The largest absolute Gasteiger partial charge is 0.778 e. The molecular formula is C54H96N9O61P14-11. The van der Waals surface area contributed by atoms with Gasteiger partial charge >= 0.3 is 23.5 Å². The number of ether oxygens (including phenoxy) is 7. The molecule has 6 aliphatic rings. The summed E-state index contributed by atoms with van der Waals surface area (Å²) in [5, 5.41) is 64.5. The SMILES string of the molecule is COP(=O)([O-])OC[C@H]1O[C@@H](C)C(O)[C@H]1OP(=O)(O)OCCc1cn(C2C[C@H](C)O[C@@H]2COP(=O)([O-])OP(=O)([O-])OC)nn1.COP(=O)([O-])OC[C@H]1O[C@@H](C)C(O)[C@H]1OP(=O)(O)OCCc1cn([C@H]2C[C@@H](COP(=O)([O-])OP(=O)([O-])OP(C)(=O)[O-])O[C@H]2C)nn1.COP(=O)([O-])OC[C@H]1O[C@@H](C)C(O)[C@H]1OP(=O)(O)OCn1cc(COC2[C@@H](COP(=O)([O-])OP(=O)([O-])OP(=O)([O-])OC)O[C@@H](C)[C@H]2O)nn1. The predicted molar refractivity (Wildman–Crippen MR) is 416 cm³/mol. The molecule has 84 heteroatoms. The monoisotopic (exact) mass is 2280 g/mol. The molecule has 3 aromatic rings. The van der Waals surface area contributed by atoms with E-state index in [0.717, 1.165) is 26.0 Å². The highest BCUT2D eigenvalue weighted by atomic mass is 31.3. The molecule has 70 nitrogen and oxygen atoms in total. The normalized spacial score (nSPS) is 33.6. The number of aromatic nitrogens is 9. The highest BCUT2D eigenvalue weighted by Gasteiger charge is 2.51. The van der Waals surface area contributed by atoms with Crippen LogP contribution in [0.3, 0.4) is 0 Å². The summed E-state index contributed by atoms with van der Waals surface area (Å²) in [4.78, 5) is 157. The molecule has 0 bridgehead atoms. The van der Waals surface area contributed by atoms with E-state index in [9.17, 15) is 153 Å². The minimum absolute atomic E-state index is 0.0389. The molecule has 0 aliphatic carbocycles. The minimum atomic E-state index is -6.03. The third-order valence-corrected chi connectivity index (χ3v) is 35.3. The van der Waals surface area contributed by atoms with Crippen molar-refractivity contribution in [2.45, 2.75) is 215 Å². The fourth-order valence-electron chi connectivity index (χ4n) is 12.6. The summed E-state index contributed by atoms with van der Waals surface area (Å²) in [7, 11) is -68.7. The average Bonchev–Trinajstić information content (AvgIpc) is 1.72. The minimum Gasteiger partial charge on any atom is -0.778 e. The lowest BCUT2D eigenvalue weighted by atomic mass is 10.1. The Morgan fingerprint density at radius 2 is 0.681 bits per heavy atom. The number of hydrogen-bond acceptors (Lipinski definition) is 64. The zero-order chi connectivity index (χ0) is 104. The van der Waals surface area contributed by atoms with Crippen molar-refractivity contribution in [2.75, 3.05) is 95.1 Å². The first-order valence-corrected chi connectivity index (χ1v) is 60.0. The molecule has 0 radical (unpaired) electrons. The van der Waals surface area contributed by atoms with Crippen LogP contribution in [-0.2, 0) is 222 Å². The second kappa shape index (κ2) is 51.5. The molecule has 804 valence electrons. The van der Waals surface area contributed by atoms with Gasteiger partial charge in [-0.1, -0.05) is 15.6 Å². The number of nitrogens with zero attached hydrogens (tertiary/aromatic N) is 9. The van der Waals surface area contributed by atoms with Crippen LogP contribution in [0, 0.1) is 0 Å². The summed E-state index contributed by atoms with van der Waals surface area (Å²) in [6, 6.07) is -1.10. The summed E-state index contributed by atoms with van der Waals surface area (Å²) in [5.74, 6) is 0. The van der Waals surface area contributed by atoms with Crippen molar-refractivity contribution < 1.29 is 284 Å². The van der Waals surface area contributed by atoms with Gasteiger partial charge in [-0.15, -0.1) is 15.3 Å². The van der Waals surface area contributed by atoms with E-state index >= 15 is 0 Å². The van der Waals surface area contributed by atoms with Gasteiger partial charge in [-0.2, -0.15) is 0 Å². The number of rotatable bonds is 55. The van der Waals surface area contributed by atoms with E-state index in [0.29, 0.717) is 33.0 Å². The predicted octanol–water partition coefficient (Wildman–Crippen LogP) is -5.42. The Balaban J connectivity index is 0.000000282. The molecule has 6 fully saturated rings. The Kier molecular flexibility index (Phi) is 46.2. The van der Waals surface area contributed by atoms with E-state index in [4.69, 9.17) is 60.3 Å². The van der Waals surface area contributed by atoms with Crippen molar-refractivity contribution in [3.63, 3.8) is 0 Å². The van der Waals surface area contributed by atoms with Gasteiger partial charge in [0.25, 0.3) is 78.2 Å². The Morgan fingerprint density at radius 3 is 1.07 bits per heavy atom. The molecule has 0 spiro atoms. The number of phosphoric acid groups is 13. The Labute approximate surface area is 781 Å². The third-order valence-electron chi connectivity index (χ3n) is 18.9. The van der Waals surface area contributed by atoms with Crippen molar-refractivity contribution in [3.8, 4) is 0 Å². The average molecular weight is 2280 g/mol. The number of aliphatic hydroxyl groups excluding tert-OH is 4. The first kappa shape index (κ1) is 124. The number of hydrogen-bond donors (Lipinski definition) is 7. The lowest BCUT2D eigenvalue weighted by Gasteiger charge is -2.34. The molecule has 0 aromatic carbocycles. The molecule has 9 rings (SSSR count). The van der Waals surface area contributed by atoms with E-state index in [1.54, 1.807) is 13.8 Å². The summed E-state index contributed by atoms with van der Waals surface area (Å²) < 4.78 is 302. The van der Waals surface area contributed by atoms with Gasteiger partial charge in [-0.3, -0.25) is 77.1 Å². The molecule has 19 unspecified atom stereocenters. The molecule has 3 aromatic heterocycles. The lowest BCUT2D eigenvalue weighted by Crippen LogP contribution is -2.37. The summed E-state index contributed by atoms with van der Waals surface area (Å²) >= 11 is 0.